The van der Waals surface area contributed by atoms with Crippen molar-refractivity contribution in [2.45, 2.75) is 96.8 Å². The molecule has 4 heteroatoms. The van der Waals surface area contributed by atoms with Crippen LogP contribution in [0.2, 0.25) is 0 Å². The molecule has 0 aromatic heterocycles. The van der Waals surface area contributed by atoms with Gasteiger partial charge in [-0.05, 0) is 32.1 Å². The molecule has 0 saturated carbocycles. The minimum Gasteiger partial charge on any atom is -0.481 e. The Balaban J connectivity index is -0.00000180. The molecule has 0 saturated heterocycles. The third-order valence-electron chi connectivity index (χ3n) is 3.65. The summed E-state index contributed by atoms with van der Waals surface area (Å²) in [7, 11) is 0. The van der Waals surface area contributed by atoms with Gasteiger partial charge >= 0.3 is 5.97 Å². The normalized spacial score (nSPS) is 10.2. The Morgan fingerprint density at radius 2 is 1.18 bits per heavy atom. The Labute approximate surface area is 156 Å². The number of unbranched alkanes of at least 4 members (excludes halogenated alkanes) is 11. The van der Waals surface area contributed by atoms with Gasteiger partial charge in [-0.25, -0.2) is 0 Å². The molecule has 0 aromatic rings. The number of allylic oxidation sites excluding steroid dienone is 2. The molecule has 0 aliphatic heterocycles. The maximum Gasteiger partial charge on any atom is 0.303 e. The predicted octanol–water partition coefficient (Wildman–Crippen LogP) is 5.28. The first kappa shape index (κ1) is 26.9. The molecular formula is C18H36O3Zr. The van der Waals surface area contributed by atoms with Crippen LogP contribution in [0.3, 0.4) is 0 Å². The van der Waals surface area contributed by atoms with E-state index in [1.807, 2.05) is 0 Å². The van der Waals surface area contributed by atoms with Crippen molar-refractivity contribution in [2.24, 2.45) is 0 Å². The number of rotatable bonds is 15. The minimum atomic E-state index is -0.664. The molecule has 0 spiro atoms. The number of carbonyl (C=O) groups is 1. The minimum absolute atomic E-state index is 0. The molecule has 0 heterocycles. The summed E-state index contributed by atoms with van der Waals surface area (Å²) >= 11 is 0. The van der Waals surface area contributed by atoms with E-state index >= 15 is 0 Å². The molecule has 0 rings (SSSR count). The van der Waals surface area contributed by atoms with E-state index in [9.17, 15) is 4.79 Å². The van der Waals surface area contributed by atoms with E-state index < -0.39 is 5.97 Å². The van der Waals surface area contributed by atoms with Crippen LogP contribution in [0.25, 0.3) is 0 Å². The Kier molecular flexibility index (Phi) is 28.5. The Morgan fingerprint density at radius 3 is 1.64 bits per heavy atom. The summed E-state index contributed by atoms with van der Waals surface area (Å²) in [5.41, 5.74) is 0. The van der Waals surface area contributed by atoms with Crippen LogP contribution >= 0.6 is 0 Å². The molecule has 3 N–H and O–H groups in total. The van der Waals surface area contributed by atoms with Gasteiger partial charge in [-0.1, -0.05) is 70.4 Å². The smallest absolute Gasteiger partial charge is 0.303 e. The zero-order valence-corrected chi connectivity index (χ0v) is 16.9. The Hall–Kier alpha value is 0.0531. The van der Waals surface area contributed by atoms with Gasteiger partial charge in [0.25, 0.3) is 0 Å². The predicted molar refractivity (Wildman–Crippen MR) is 90.7 cm³/mol. The molecule has 130 valence electrons. The third kappa shape index (κ3) is 25.0. The number of carboxylic acid groups (broad SMARTS) is 1. The van der Waals surface area contributed by atoms with Gasteiger partial charge < -0.3 is 10.6 Å². The standard InChI is InChI=1S/C18H34O2.H2O.Zr/c1-2-3-4-5-6-7-8-9-10-11-12-13-14-15-16-17-18(19)20;;/h9-10H,2-8,11-17H2,1H3,(H,19,20);1H2;/b10-9-;;. The topological polar surface area (TPSA) is 68.8 Å². The van der Waals surface area contributed by atoms with Crippen LogP contribution < -0.4 is 0 Å². The fourth-order valence-electron chi connectivity index (χ4n) is 2.35. The van der Waals surface area contributed by atoms with E-state index in [4.69, 9.17) is 5.11 Å². The van der Waals surface area contributed by atoms with Gasteiger partial charge in [-0.3, -0.25) is 4.79 Å². The Bertz CT molecular complexity index is 242. The summed E-state index contributed by atoms with van der Waals surface area (Å²) in [6.07, 6.45) is 21.2. The summed E-state index contributed by atoms with van der Waals surface area (Å²) in [5.74, 6) is -0.664. The van der Waals surface area contributed by atoms with Gasteiger partial charge in [-0.2, -0.15) is 0 Å². The van der Waals surface area contributed by atoms with Crippen molar-refractivity contribution in [1.82, 2.24) is 0 Å². The van der Waals surface area contributed by atoms with Gasteiger partial charge in [0, 0.05) is 32.6 Å². The van der Waals surface area contributed by atoms with Crippen LogP contribution in [0.4, 0.5) is 0 Å². The van der Waals surface area contributed by atoms with Gasteiger partial charge in [0.15, 0.2) is 0 Å². The first-order chi connectivity index (χ1) is 9.77. The van der Waals surface area contributed by atoms with Gasteiger partial charge in [-0.15, -0.1) is 0 Å². The van der Waals surface area contributed by atoms with Crippen LogP contribution in [0.1, 0.15) is 96.8 Å². The summed E-state index contributed by atoms with van der Waals surface area (Å²) in [4.78, 5) is 10.3. The molecule has 3 nitrogen and oxygen atoms in total. The number of carboxylic acids is 1. The monoisotopic (exact) mass is 390 g/mol. The van der Waals surface area contributed by atoms with E-state index in [1.54, 1.807) is 0 Å². The molecule has 0 fully saturated rings. The molecular weight excluding hydrogens is 355 g/mol. The van der Waals surface area contributed by atoms with Crippen molar-refractivity contribution in [3.63, 3.8) is 0 Å². The van der Waals surface area contributed by atoms with E-state index in [0.717, 1.165) is 12.8 Å². The fourth-order valence-corrected chi connectivity index (χ4v) is 2.35. The second-order valence-corrected chi connectivity index (χ2v) is 5.73. The van der Waals surface area contributed by atoms with Crippen molar-refractivity contribution >= 4 is 5.97 Å². The van der Waals surface area contributed by atoms with Crippen molar-refractivity contribution in [3.8, 4) is 0 Å². The quantitative estimate of drug-likeness (QED) is 0.305. The van der Waals surface area contributed by atoms with Crippen molar-refractivity contribution in [3.05, 3.63) is 12.2 Å². The van der Waals surface area contributed by atoms with Crippen LogP contribution in [0.15, 0.2) is 12.2 Å². The zero-order chi connectivity index (χ0) is 14.9. The van der Waals surface area contributed by atoms with Crippen molar-refractivity contribution < 1.29 is 41.6 Å². The summed E-state index contributed by atoms with van der Waals surface area (Å²) in [6.45, 7) is 2.26. The average Bonchev–Trinajstić information content (AvgIpc) is 2.43. The maximum absolute atomic E-state index is 10.3. The summed E-state index contributed by atoms with van der Waals surface area (Å²) in [6, 6.07) is 0. The summed E-state index contributed by atoms with van der Waals surface area (Å²) < 4.78 is 0. The maximum atomic E-state index is 10.3. The number of aliphatic carboxylic acids is 1. The van der Waals surface area contributed by atoms with E-state index in [1.165, 1.54) is 70.6 Å². The van der Waals surface area contributed by atoms with Crippen LogP contribution in [0.5, 0.6) is 0 Å². The third-order valence-corrected chi connectivity index (χ3v) is 3.65. The van der Waals surface area contributed by atoms with Gasteiger partial charge in [0.05, 0.1) is 0 Å². The van der Waals surface area contributed by atoms with Crippen LogP contribution in [-0.4, -0.2) is 16.6 Å². The van der Waals surface area contributed by atoms with E-state index in [2.05, 4.69) is 19.1 Å². The van der Waals surface area contributed by atoms with Crippen molar-refractivity contribution in [1.29, 1.82) is 0 Å². The number of hydrogen-bond donors (Lipinski definition) is 1. The first-order valence-corrected chi connectivity index (χ1v) is 8.64. The SMILES string of the molecule is CCCCCCCC/C=C\CCCCCCCC(=O)O.O.[Zr]. The molecule has 0 unspecified atom stereocenters. The van der Waals surface area contributed by atoms with Crippen LogP contribution in [-0.2, 0) is 31.0 Å². The van der Waals surface area contributed by atoms with E-state index in [0.29, 0.717) is 6.42 Å². The van der Waals surface area contributed by atoms with E-state index in [-0.39, 0.29) is 31.7 Å². The molecule has 0 aliphatic rings. The molecule has 0 amide bonds. The second-order valence-electron chi connectivity index (χ2n) is 5.73. The molecule has 0 aliphatic carbocycles. The average molecular weight is 392 g/mol. The molecule has 22 heavy (non-hydrogen) atoms. The van der Waals surface area contributed by atoms with Crippen molar-refractivity contribution in [2.75, 3.05) is 0 Å². The zero-order valence-electron chi connectivity index (χ0n) is 14.4. The second kappa shape index (κ2) is 23.3. The molecule has 0 aromatic carbocycles. The van der Waals surface area contributed by atoms with Crippen LogP contribution in [0, 0.1) is 0 Å². The molecule has 0 bridgehead atoms. The summed E-state index contributed by atoms with van der Waals surface area (Å²) in [5, 5.41) is 8.51. The Morgan fingerprint density at radius 1 is 0.773 bits per heavy atom. The fraction of sp³-hybridized carbons (Fsp3) is 0.833. The van der Waals surface area contributed by atoms with Gasteiger partial charge in [0.2, 0.25) is 0 Å². The first-order valence-electron chi connectivity index (χ1n) is 8.64. The molecule has 0 radical (unpaired) electrons. The molecule has 0 atom stereocenters. The van der Waals surface area contributed by atoms with Gasteiger partial charge in [0.1, 0.15) is 0 Å². The largest absolute Gasteiger partial charge is 0.481 e. The number of hydrogen-bond acceptors (Lipinski definition) is 1.